The van der Waals surface area contributed by atoms with Gasteiger partial charge in [0.15, 0.2) is 0 Å². The molecule has 2 aromatic carbocycles. The van der Waals surface area contributed by atoms with E-state index >= 15 is 0 Å². The lowest BCUT2D eigenvalue weighted by Crippen LogP contribution is -2.48. The molecular formula is C25H30FN3O4. The molecule has 0 bridgehead atoms. The van der Waals surface area contributed by atoms with E-state index in [0.29, 0.717) is 45.1 Å². The zero-order valence-corrected chi connectivity index (χ0v) is 18.8. The van der Waals surface area contributed by atoms with Gasteiger partial charge in [-0.15, -0.1) is 0 Å². The fourth-order valence-corrected chi connectivity index (χ4v) is 3.83. The van der Waals surface area contributed by atoms with Gasteiger partial charge in [0.1, 0.15) is 36.1 Å². The maximum absolute atomic E-state index is 13.4. The van der Waals surface area contributed by atoms with Crippen LogP contribution in [0.3, 0.4) is 0 Å². The third-order valence-corrected chi connectivity index (χ3v) is 5.40. The van der Waals surface area contributed by atoms with Crippen molar-refractivity contribution in [2.24, 2.45) is 0 Å². The van der Waals surface area contributed by atoms with Crippen LogP contribution in [0.2, 0.25) is 0 Å². The monoisotopic (exact) mass is 455 g/mol. The Bertz CT molecular complexity index is 1040. The zero-order valence-electron chi connectivity index (χ0n) is 18.8. The molecule has 1 fully saturated rings. The molecule has 3 aromatic rings. The molecule has 1 saturated heterocycles. The van der Waals surface area contributed by atoms with Crippen LogP contribution in [0.1, 0.15) is 11.1 Å². The third-order valence-electron chi connectivity index (χ3n) is 5.40. The number of ether oxygens (including phenoxy) is 3. The Labute approximate surface area is 193 Å². The Kier molecular flexibility index (Phi) is 7.59. The van der Waals surface area contributed by atoms with E-state index in [-0.39, 0.29) is 19.0 Å². The normalized spacial score (nSPS) is 19.2. The summed E-state index contributed by atoms with van der Waals surface area (Å²) in [7, 11) is 0. The van der Waals surface area contributed by atoms with Gasteiger partial charge in [-0.1, -0.05) is 18.2 Å². The van der Waals surface area contributed by atoms with Crippen LogP contribution in [0.5, 0.6) is 11.5 Å². The van der Waals surface area contributed by atoms with Crippen molar-refractivity contribution in [1.29, 1.82) is 0 Å². The number of aliphatic hydroxyl groups is 1. The van der Waals surface area contributed by atoms with Gasteiger partial charge < -0.3 is 19.3 Å². The van der Waals surface area contributed by atoms with E-state index in [1.807, 2.05) is 48.3 Å². The predicted molar refractivity (Wildman–Crippen MR) is 122 cm³/mol. The summed E-state index contributed by atoms with van der Waals surface area (Å²) in [6, 6.07) is 13.9. The molecule has 0 spiro atoms. The topological polar surface area (TPSA) is 69.0 Å². The number of aryl methyl sites for hydroxylation is 1. The van der Waals surface area contributed by atoms with Gasteiger partial charge in [-0.25, -0.2) is 4.39 Å². The smallest absolute Gasteiger partial charge is 0.134 e. The van der Waals surface area contributed by atoms with Crippen molar-refractivity contribution in [3.05, 3.63) is 77.9 Å². The second-order valence-electron chi connectivity index (χ2n) is 8.51. The van der Waals surface area contributed by atoms with E-state index in [1.165, 1.54) is 12.1 Å². The highest BCUT2D eigenvalue weighted by molar-refractivity contribution is 5.28. The fraction of sp³-hybridized carbons (Fsp3) is 0.400. The Morgan fingerprint density at radius 2 is 1.97 bits per heavy atom. The van der Waals surface area contributed by atoms with Gasteiger partial charge in [-0.3, -0.25) is 9.58 Å². The fourth-order valence-electron chi connectivity index (χ4n) is 3.83. The summed E-state index contributed by atoms with van der Waals surface area (Å²) < 4.78 is 32.5. The highest BCUT2D eigenvalue weighted by Gasteiger charge is 2.33. The number of β-amino-alcohol motifs (C(OH)–C–C–N with tert-alkyl or cyclic N) is 1. The van der Waals surface area contributed by atoms with E-state index < -0.39 is 5.60 Å². The number of nitrogens with zero attached hydrogens (tertiary/aromatic N) is 3. The predicted octanol–water partition coefficient (Wildman–Crippen LogP) is 3.05. The Hall–Kier alpha value is -2.94. The molecular weight excluding hydrogens is 425 g/mol. The summed E-state index contributed by atoms with van der Waals surface area (Å²) in [4.78, 5) is 2.13. The summed E-state index contributed by atoms with van der Waals surface area (Å²) in [6.45, 7) is 5.62. The first-order chi connectivity index (χ1) is 16.0. The lowest BCUT2D eigenvalue weighted by Gasteiger charge is -2.30. The highest BCUT2D eigenvalue weighted by Crippen LogP contribution is 2.20. The van der Waals surface area contributed by atoms with Gasteiger partial charge in [-0.05, 0) is 42.3 Å². The van der Waals surface area contributed by atoms with Crippen LogP contribution in [0, 0.1) is 12.7 Å². The van der Waals surface area contributed by atoms with E-state index in [4.69, 9.17) is 14.2 Å². The van der Waals surface area contributed by atoms with Crippen LogP contribution in [0.4, 0.5) is 4.39 Å². The summed E-state index contributed by atoms with van der Waals surface area (Å²) in [6.07, 6.45) is 3.82. The van der Waals surface area contributed by atoms with Crippen molar-refractivity contribution in [1.82, 2.24) is 14.7 Å². The lowest BCUT2D eigenvalue weighted by molar-refractivity contribution is -0.0647. The van der Waals surface area contributed by atoms with Gasteiger partial charge >= 0.3 is 0 Å². The van der Waals surface area contributed by atoms with Gasteiger partial charge in [-0.2, -0.15) is 5.10 Å². The number of benzene rings is 2. The summed E-state index contributed by atoms with van der Waals surface area (Å²) in [5.74, 6) is 0.807. The summed E-state index contributed by atoms with van der Waals surface area (Å²) >= 11 is 0. The number of hydrogen-bond acceptors (Lipinski definition) is 6. The lowest BCUT2D eigenvalue weighted by atomic mass is 10.1. The molecule has 0 aliphatic carbocycles. The van der Waals surface area contributed by atoms with Crippen molar-refractivity contribution in [2.75, 3.05) is 39.5 Å². The van der Waals surface area contributed by atoms with Crippen LogP contribution in [0.25, 0.3) is 0 Å². The highest BCUT2D eigenvalue weighted by atomic mass is 19.1. The van der Waals surface area contributed by atoms with Crippen LogP contribution >= 0.6 is 0 Å². The van der Waals surface area contributed by atoms with E-state index in [9.17, 15) is 9.50 Å². The molecule has 8 heteroatoms. The second kappa shape index (κ2) is 10.8. The second-order valence-corrected chi connectivity index (χ2v) is 8.51. The van der Waals surface area contributed by atoms with Crippen molar-refractivity contribution in [3.63, 3.8) is 0 Å². The average Bonchev–Trinajstić information content (AvgIpc) is 3.11. The Morgan fingerprint density at radius 1 is 1.15 bits per heavy atom. The van der Waals surface area contributed by atoms with Crippen molar-refractivity contribution in [2.45, 2.75) is 25.6 Å². The molecule has 1 atom stereocenters. The van der Waals surface area contributed by atoms with Gasteiger partial charge in [0.2, 0.25) is 0 Å². The van der Waals surface area contributed by atoms with Gasteiger partial charge in [0.05, 0.1) is 26.0 Å². The first-order valence-electron chi connectivity index (χ1n) is 11.1. The maximum Gasteiger partial charge on any atom is 0.134 e. The molecule has 1 aromatic heterocycles. The van der Waals surface area contributed by atoms with Crippen molar-refractivity contribution in [3.8, 4) is 11.5 Å². The van der Waals surface area contributed by atoms with Crippen LogP contribution in [-0.4, -0.2) is 64.9 Å². The minimum absolute atomic E-state index is 0.0169. The molecule has 33 heavy (non-hydrogen) atoms. The van der Waals surface area contributed by atoms with Gasteiger partial charge in [0, 0.05) is 31.9 Å². The molecule has 176 valence electrons. The summed E-state index contributed by atoms with van der Waals surface area (Å²) in [5, 5.41) is 15.4. The Balaban J connectivity index is 1.32. The standard InChI is InChI=1S/C25H30FN3O4/c1-20-14-27-29(15-20)9-11-32-23-6-2-4-21(12-23)16-28-8-10-31-18-25(30,17-28)19-33-24-7-3-5-22(26)13-24/h2-7,12-15,30H,8-11,16-19H2,1H3/t25-/m1/s1. The molecule has 7 nitrogen and oxygen atoms in total. The van der Waals surface area contributed by atoms with E-state index in [2.05, 4.69) is 10.00 Å². The van der Waals surface area contributed by atoms with Crippen LogP contribution in [0.15, 0.2) is 60.9 Å². The van der Waals surface area contributed by atoms with Gasteiger partial charge in [0.25, 0.3) is 0 Å². The molecule has 0 saturated carbocycles. The van der Waals surface area contributed by atoms with Crippen LogP contribution in [-0.2, 0) is 17.8 Å². The number of halogens is 1. The molecule has 1 aliphatic rings. The van der Waals surface area contributed by atoms with E-state index in [0.717, 1.165) is 16.9 Å². The van der Waals surface area contributed by atoms with E-state index in [1.54, 1.807) is 12.1 Å². The molecule has 1 aliphatic heterocycles. The SMILES string of the molecule is Cc1cnn(CCOc2cccc(CN3CCOC[C@@](O)(COc4cccc(F)c4)C3)c2)c1. The number of rotatable bonds is 9. The number of hydrogen-bond donors (Lipinski definition) is 1. The van der Waals surface area contributed by atoms with Crippen molar-refractivity contribution >= 4 is 0 Å². The maximum atomic E-state index is 13.4. The minimum atomic E-state index is -1.20. The van der Waals surface area contributed by atoms with Crippen LogP contribution < -0.4 is 9.47 Å². The first kappa shape index (κ1) is 23.2. The summed E-state index contributed by atoms with van der Waals surface area (Å²) in [5.41, 5.74) is 1.01. The first-order valence-corrected chi connectivity index (χ1v) is 11.1. The Morgan fingerprint density at radius 3 is 2.76 bits per heavy atom. The average molecular weight is 456 g/mol. The molecule has 1 N–H and O–H groups in total. The molecule has 0 amide bonds. The molecule has 0 unspecified atom stereocenters. The molecule has 2 heterocycles. The quantitative estimate of drug-likeness (QED) is 0.535. The largest absolute Gasteiger partial charge is 0.492 e. The zero-order chi connectivity index (χ0) is 23.1. The van der Waals surface area contributed by atoms with Crippen molar-refractivity contribution < 1.29 is 23.7 Å². The number of aromatic nitrogens is 2. The molecule has 0 radical (unpaired) electrons. The minimum Gasteiger partial charge on any atom is -0.492 e. The molecule has 4 rings (SSSR count). The third kappa shape index (κ3) is 7.02.